The van der Waals surface area contributed by atoms with Crippen LogP contribution in [0.15, 0.2) is 64.5 Å². The molecule has 9 nitrogen and oxygen atoms in total. The lowest BCUT2D eigenvalue weighted by Crippen LogP contribution is -2.21. The van der Waals surface area contributed by atoms with E-state index >= 15 is 0 Å². The van der Waals surface area contributed by atoms with Crippen LogP contribution in [0.4, 0.5) is 5.69 Å². The van der Waals surface area contributed by atoms with Gasteiger partial charge in [0, 0.05) is 17.7 Å². The molecule has 4 rings (SSSR count). The molecule has 0 saturated heterocycles. The summed E-state index contributed by atoms with van der Waals surface area (Å²) in [5.41, 5.74) is 1.90. The summed E-state index contributed by atoms with van der Waals surface area (Å²) >= 11 is 0. The van der Waals surface area contributed by atoms with E-state index in [4.69, 9.17) is 0 Å². The number of aryl methyl sites for hydroxylation is 2. The van der Waals surface area contributed by atoms with E-state index in [0.29, 0.717) is 28.1 Å². The van der Waals surface area contributed by atoms with Crippen molar-refractivity contribution < 1.29 is 4.92 Å². The van der Waals surface area contributed by atoms with E-state index in [0.717, 1.165) is 5.69 Å². The van der Waals surface area contributed by atoms with E-state index < -0.39 is 4.92 Å². The lowest BCUT2D eigenvalue weighted by atomic mass is 10.2. The van der Waals surface area contributed by atoms with Gasteiger partial charge in [-0.2, -0.15) is 14.9 Å². The third-order valence-electron chi connectivity index (χ3n) is 4.42. The number of nitro benzene ring substituents is 1. The average Bonchev–Trinajstić information content (AvgIpc) is 3.05. The highest BCUT2D eigenvalue weighted by atomic mass is 16.6. The minimum Gasteiger partial charge on any atom is -0.266 e. The highest BCUT2D eigenvalue weighted by Crippen LogP contribution is 2.18. The van der Waals surface area contributed by atoms with Gasteiger partial charge >= 0.3 is 0 Å². The number of non-ortho nitro benzene ring substituents is 1. The van der Waals surface area contributed by atoms with Gasteiger partial charge in [0.1, 0.15) is 11.2 Å². The second-order valence-corrected chi connectivity index (χ2v) is 6.40. The lowest BCUT2D eigenvalue weighted by Gasteiger charge is -2.05. The molecule has 2 heterocycles. The number of hydrogen-bond acceptors (Lipinski definition) is 6. The quantitative estimate of drug-likeness (QED) is 0.303. The lowest BCUT2D eigenvalue weighted by molar-refractivity contribution is -0.384. The van der Waals surface area contributed by atoms with E-state index in [2.05, 4.69) is 15.2 Å². The topological polar surface area (TPSA) is 108 Å². The molecule has 0 bridgehead atoms. The smallest absolute Gasteiger partial charge is 0.266 e. The van der Waals surface area contributed by atoms with Gasteiger partial charge in [0.25, 0.3) is 11.2 Å². The summed E-state index contributed by atoms with van der Waals surface area (Å²) in [6.45, 7) is 3.41. The molecular formula is C20H16N6O3. The van der Waals surface area contributed by atoms with E-state index in [1.165, 1.54) is 23.0 Å². The standard InChI is InChI=1S/C20H16N6O3/c1-13-18-19(25(23-13)16-8-4-3-5-9-16)22-14(2)24(20(18)27)21-12-15-7-6-10-17(11-15)26(28)29/h3-12H,1-2H3/b21-12+. The van der Waals surface area contributed by atoms with Crippen molar-refractivity contribution in [1.82, 2.24) is 19.4 Å². The summed E-state index contributed by atoms with van der Waals surface area (Å²) < 4.78 is 2.80. The van der Waals surface area contributed by atoms with Crippen LogP contribution < -0.4 is 5.56 Å². The van der Waals surface area contributed by atoms with Gasteiger partial charge in [-0.15, -0.1) is 0 Å². The Morgan fingerprint density at radius 1 is 1.10 bits per heavy atom. The minimum absolute atomic E-state index is 0.0495. The van der Waals surface area contributed by atoms with Crippen LogP contribution in [0.2, 0.25) is 0 Å². The molecule has 0 unspecified atom stereocenters. The normalized spacial score (nSPS) is 11.4. The zero-order valence-electron chi connectivity index (χ0n) is 15.7. The van der Waals surface area contributed by atoms with Crippen molar-refractivity contribution in [2.75, 3.05) is 0 Å². The SMILES string of the molecule is Cc1nn(-c2ccccc2)c2nc(C)n(/N=C/c3cccc([N+](=O)[O-])c3)c(=O)c12. The summed E-state index contributed by atoms with van der Waals surface area (Å²) in [6.07, 6.45) is 1.39. The number of para-hydroxylation sites is 1. The van der Waals surface area contributed by atoms with Gasteiger partial charge in [-0.3, -0.25) is 14.9 Å². The molecule has 2 aromatic carbocycles. The molecule has 0 aliphatic carbocycles. The fraction of sp³-hybridized carbons (Fsp3) is 0.100. The van der Waals surface area contributed by atoms with Crippen molar-refractivity contribution in [1.29, 1.82) is 0 Å². The maximum atomic E-state index is 13.1. The molecule has 0 atom stereocenters. The van der Waals surface area contributed by atoms with Gasteiger partial charge in [-0.1, -0.05) is 30.3 Å². The van der Waals surface area contributed by atoms with Crippen LogP contribution in [0.1, 0.15) is 17.1 Å². The molecule has 144 valence electrons. The molecule has 9 heteroatoms. The van der Waals surface area contributed by atoms with Crippen LogP contribution in [0, 0.1) is 24.0 Å². The van der Waals surface area contributed by atoms with E-state index in [-0.39, 0.29) is 11.2 Å². The highest BCUT2D eigenvalue weighted by molar-refractivity contribution is 5.81. The number of fused-ring (bicyclic) bond motifs is 1. The van der Waals surface area contributed by atoms with Gasteiger partial charge in [-0.05, 0) is 26.0 Å². The largest absolute Gasteiger partial charge is 0.285 e. The van der Waals surface area contributed by atoms with Gasteiger partial charge < -0.3 is 0 Å². The Hall–Kier alpha value is -4.14. The maximum Gasteiger partial charge on any atom is 0.285 e. The number of rotatable bonds is 4. The van der Waals surface area contributed by atoms with Crippen LogP contribution in [0.25, 0.3) is 16.7 Å². The van der Waals surface area contributed by atoms with Crippen molar-refractivity contribution in [2.24, 2.45) is 5.10 Å². The molecule has 0 saturated carbocycles. The Labute approximate surface area is 164 Å². The van der Waals surface area contributed by atoms with Crippen molar-refractivity contribution in [3.05, 3.63) is 92.1 Å². The predicted molar refractivity (Wildman–Crippen MR) is 109 cm³/mol. The van der Waals surface area contributed by atoms with Crippen molar-refractivity contribution in [2.45, 2.75) is 13.8 Å². The van der Waals surface area contributed by atoms with Crippen molar-refractivity contribution in [3.8, 4) is 5.69 Å². The molecule has 29 heavy (non-hydrogen) atoms. The first-order valence-corrected chi connectivity index (χ1v) is 8.79. The summed E-state index contributed by atoms with van der Waals surface area (Å²) in [4.78, 5) is 28.0. The highest BCUT2D eigenvalue weighted by Gasteiger charge is 2.17. The first-order chi connectivity index (χ1) is 14.0. The maximum absolute atomic E-state index is 13.1. The second kappa shape index (κ2) is 7.12. The van der Waals surface area contributed by atoms with Crippen LogP contribution in [-0.4, -0.2) is 30.6 Å². The number of nitro groups is 1. The Bertz CT molecular complexity index is 1320. The minimum atomic E-state index is -0.482. The first-order valence-electron chi connectivity index (χ1n) is 8.79. The van der Waals surface area contributed by atoms with Gasteiger partial charge in [0.2, 0.25) is 0 Å². The molecule has 0 amide bonds. The summed E-state index contributed by atoms with van der Waals surface area (Å²) in [6, 6.07) is 15.4. The zero-order valence-corrected chi connectivity index (χ0v) is 15.7. The Balaban J connectivity index is 1.83. The van der Waals surface area contributed by atoms with E-state index in [1.54, 1.807) is 30.7 Å². The fourth-order valence-electron chi connectivity index (χ4n) is 3.05. The molecule has 0 N–H and O–H groups in total. The number of aromatic nitrogens is 4. The number of hydrogen-bond donors (Lipinski definition) is 0. The van der Waals surface area contributed by atoms with Crippen molar-refractivity contribution in [3.63, 3.8) is 0 Å². The average molecular weight is 388 g/mol. The number of nitrogens with zero attached hydrogens (tertiary/aromatic N) is 6. The summed E-state index contributed by atoms with van der Waals surface area (Å²) in [7, 11) is 0. The van der Waals surface area contributed by atoms with E-state index in [1.807, 2.05) is 30.3 Å². The zero-order chi connectivity index (χ0) is 20.5. The second-order valence-electron chi connectivity index (χ2n) is 6.40. The molecule has 0 radical (unpaired) electrons. The number of benzene rings is 2. The summed E-state index contributed by atoms with van der Waals surface area (Å²) in [5, 5.41) is 20.0. The van der Waals surface area contributed by atoms with Gasteiger partial charge in [0.05, 0.1) is 22.5 Å². The van der Waals surface area contributed by atoms with Crippen molar-refractivity contribution >= 4 is 22.9 Å². The van der Waals surface area contributed by atoms with Crippen LogP contribution in [-0.2, 0) is 0 Å². The molecule has 0 aliphatic rings. The Morgan fingerprint density at radius 3 is 2.59 bits per heavy atom. The first kappa shape index (κ1) is 18.2. The fourth-order valence-corrected chi connectivity index (χ4v) is 3.05. The monoisotopic (exact) mass is 388 g/mol. The summed E-state index contributed by atoms with van der Waals surface area (Å²) in [5.74, 6) is 0.376. The predicted octanol–water partition coefficient (Wildman–Crippen LogP) is 2.99. The Kier molecular flexibility index (Phi) is 4.47. The Morgan fingerprint density at radius 2 is 1.86 bits per heavy atom. The van der Waals surface area contributed by atoms with Gasteiger partial charge in [0.15, 0.2) is 5.65 Å². The van der Waals surface area contributed by atoms with Gasteiger partial charge in [-0.25, -0.2) is 9.67 Å². The molecule has 0 fully saturated rings. The molecule has 0 aliphatic heterocycles. The van der Waals surface area contributed by atoms with Crippen LogP contribution in [0.3, 0.4) is 0 Å². The molecule has 4 aromatic rings. The van der Waals surface area contributed by atoms with E-state index in [9.17, 15) is 14.9 Å². The molecule has 2 aromatic heterocycles. The third-order valence-corrected chi connectivity index (χ3v) is 4.42. The third kappa shape index (κ3) is 3.29. The molecule has 0 spiro atoms. The van der Waals surface area contributed by atoms with Crippen LogP contribution in [0.5, 0.6) is 0 Å². The molecular weight excluding hydrogens is 372 g/mol. The van der Waals surface area contributed by atoms with Crippen LogP contribution >= 0.6 is 0 Å².